The van der Waals surface area contributed by atoms with Crippen molar-refractivity contribution in [3.63, 3.8) is 0 Å². The minimum atomic E-state index is -4.32. The van der Waals surface area contributed by atoms with E-state index in [1.807, 2.05) is 6.92 Å². The number of hydrogen-bond donors (Lipinski definition) is 1. The first-order chi connectivity index (χ1) is 8.51. The monoisotopic (exact) mass is 263 g/mol. The molecule has 1 rings (SSSR count). The summed E-state index contributed by atoms with van der Waals surface area (Å²) in [4.78, 5) is 4.31. The summed E-state index contributed by atoms with van der Waals surface area (Å²) in [6, 6.07) is 7.13. The van der Waals surface area contributed by atoms with Crippen LogP contribution in [-0.4, -0.2) is 19.4 Å². The highest BCUT2D eigenvalue weighted by atomic mass is 19.4. The molecule has 1 aromatic rings. The Morgan fingerprint density at radius 1 is 1.28 bits per heavy atom. The van der Waals surface area contributed by atoms with Crippen LogP contribution in [0.25, 0.3) is 0 Å². The Balaban J connectivity index is 2.33. The fourth-order valence-corrected chi connectivity index (χ4v) is 1.23. The summed E-state index contributed by atoms with van der Waals surface area (Å²) in [6.07, 6.45) is -3.42. The Labute approximate surface area is 104 Å². The lowest BCUT2D eigenvalue weighted by atomic mass is 10.2. The third-order valence-corrected chi connectivity index (χ3v) is 1.99. The molecule has 0 spiro atoms. The third-order valence-electron chi connectivity index (χ3n) is 1.99. The minimum absolute atomic E-state index is 0.194. The first kappa shape index (κ1) is 14.8. The van der Waals surface area contributed by atoms with Gasteiger partial charge in [0.25, 0.3) is 0 Å². The average Bonchev–Trinajstić information content (AvgIpc) is 2.31. The van der Waals surface area contributed by atoms with E-state index in [1.165, 1.54) is 0 Å². The van der Waals surface area contributed by atoms with E-state index in [-0.39, 0.29) is 6.54 Å². The Morgan fingerprint density at radius 3 is 2.72 bits per heavy atom. The maximum atomic E-state index is 11.8. The van der Waals surface area contributed by atoms with Crippen LogP contribution in [0.2, 0.25) is 0 Å². The zero-order valence-electron chi connectivity index (χ0n) is 10.1. The van der Waals surface area contributed by atoms with Crippen LogP contribution in [0, 0.1) is 0 Å². The number of ether oxygens (including phenoxy) is 1. The molecule has 3 nitrogen and oxygen atoms in total. The number of rotatable bonds is 7. The molecule has 6 heteroatoms. The zero-order chi connectivity index (χ0) is 13.4. The molecule has 18 heavy (non-hydrogen) atoms. The molecule has 0 saturated heterocycles. The molecule has 102 valence electrons. The van der Waals surface area contributed by atoms with E-state index in [1.54, 1.807) is 24.3 Å². The van der Waals surface area contributed by atoms with Gasteiger partial charge in [-0.3, -0.25) is 4.84 Å². The summed E-state index contributed by atoms with van der Waals surface area (Å²) >= 11 is 0. The molecule has 0 atom stereocenters. The molecule has 0 heterocycles. The quantitative estimate of drug-likeness (QED) is 0.606. The third kappa shape index (κ3) is 6.46. The van der Waals surface area contributed by atoms with Crippen molar-refractivity contribution in [3.05, 3.63) is 29.8 Å². The van der Waals surface area contributed by atoms with Gasteiger partial charge in [0.1, 0.15) is 5.75 Å². The van der Waals surface area contributed by atoms with Crippen LogP contribution in [0.5, 0.6) is 5.75 Å². The summed E-state index contributed by atoms with van der Waals surface area (Å²) in [5.74, 6) is 0.701. The molecular weight excluding hydrogens is 247 g/mol. The van der Waals surface area contributed by atoms with Crippen molar-refractivity contribution >= 4 is 0 Å². The lowest BCUT2D eigenvalue weighted by molar-refractivity contribution is -0.190. The van der Waals surface area contributed by atoms with Crippen LogP contribution in [-0.2, 0) is 11.4 Å². The molecule has 1 aromatic carbocycles. The van der Waals surface area contributed by atoms with Crippen molar-refractivity contribution in [2.24, 2.45) is 0 Å². The molecule has 0 amide bonds. The van der Waals surface area contributed by atoms with Crippen molar-refractivity contribution < 1.29 is 22.7 Å². The summed E-state index contributed by atoms with van der Waals surface area (Å²) in [6.45, 7) is 1.50. The lowest BCUT2D eigenvalue weighted by Gasteiger charge is -2.09. The molecular formula is C12H16F3NO2. The van der Waals surface area contributed by atoms with Gasteiger partial charge in [0.2, 0.25) is 0 Å². The molecule has 1 N–H and O–H groups in total. The highest BCUT2D eigenvalue weighted by Crippen LogP contribution is 2.15. The normalized spacial score (nSPS) is 11.6. The fraction of sp³-hybridized carbons (Fsp3) is 0.500. The number of benzene rings is 1. The van der Waals surface area contributed by atoms with Gasteiger partial charge in [-0.2, -0.15) is 18.7 Å². The SMILES string of the molecule is CCCOc1cccc(CNOCC(F)(F)F)c1. The molecule has 0 aliphatic rings. The van der Waals surface area contributed by atoms with E-state index in [2.05, 4.69) is 10.3 Å². The van der Waals surface area contributed by atoms with Crippen molar-refractivity contribution in [2.75, 3.05) is 13.2 Å². The predicted octanol–water partition coefficient (Wildman–Crippen LogP) is 3.06. The zero-order valence-corrected chi connectivity index (χ0v) is 10.1. The maximum absolute atomic E-state index is 11.8. The van der Waals surface area contributed by atoms with Crippen molar-refractivity contribution in [3.8, 4) is 5.75 Å². The van der Waals surface area contributed by atoms with Gasteiger partial charge in [-0.1, -0.05) is 19.1 Å². The van der Waals surface area contributed by atoms with E-state index >= 15 is 0 Å². The first-order valence-corrected chi connectivity index (χ1v) is 5.64. The van der Waals surface area contributed by atoms with Crippen LogP contribution < -0.4 is 10.2 Å². The van der Waals surface area contributed by atoms with Crippen LogP contribution >= 0.6 is 0 Å². The molecule has 0 aromatic heterocycles. The van der Waals surface area contributed by atoms with Gasteiger partial charge in [0.05, 0.1) is 6.61 Å². The van der Waals surface area contributed by atoms with Gasteiger partial charge >= 0.3 is 6.18 Å². The lowest BCUT2D eigenvalue weighted by Crippen LogP contribution is -2.24. The second-order valence-electron chi connectivity index (χ2n) is 3.72. The highest BCUT2D eigenvalue weighted by molar-refractivity contribution is 5.28. The molecule has 0 fully saturated rings. The smallest absolute Gasteiger partial charge is 0.413 e. The van der Waals surface area contributed by atoms with Gasteiger partial charge in [-0.05, 0) is 24.1 Å². The Bertz CT molecular complexity index is 355. The predicted molar refractivity (Wildman–Crippen MR) is 61.1 cm³/mol. The van der Waals surface area contributed by atoms with Crippen LogP contribution in [0.1, 0.15) is 18.9 Å². The number of nitrogens with one attached hydrogen (secondary N) is 1. The largest absolute Gasteiger partial charge is 0.494 e. The molecule has 0 aliphatic heterocycles. The number of hydroxylamine groups is 1. The van der Waals surface area contributed by atoms with E-state index in [0.29, 0.717) is 12.4 Å². The molecule has 0 unspecified atom stereocenters. The number of halogens is 3. The standard InChI is InChI=1S/C12H16F3NO2/c1-2-6-17-11-5-3-4-10(7-11)8-16-18-9-12(13,14)15/h3-5,7,16H,2,6,8-9H2,1H3. The Hall–Kier alpha value is -1.27. The first-order valence-electron chi connectivity index (χ1n) is 5.64. The van der Waals surface area contributed by atoms with Crippen LogP contribution in [0.15, 0.2) is 24.3 Å². The maximum Gasteiger partial charge on any atom is 0.413 e. The van der Waals surface area contributed by atoms with Crippen LogP contribution in [0.3, 0.4) is 0 Å². The number of alkyl halides is 3. The van der Waals surface area contributed by atoms with Crippen molar-refractivity contribution in [1.29, 1.82) is 0 Å². The summed E-state index contributed by atoms with van der Waals surface area (Å²) < 4.78 is 40.8. The molecule has 0 bridgehead atoms. The van der Waals surface area contributed by atoms with E-state index in [4.69, 9.17) is 4.74 Å². The van der Waals surface area contributed by atoms with Crippen molar-refractivity contribution in [2.45, 2.75) is 26.1 Å². The van der Waals surface area contributed by atoms with E-state index in [9.17, 15) is 13.2 Å². The van der Waals surface area contributed by atoms with Gasteiger partial charge in [-0.15, -0.1) is 0 Å². The fourth-order valence-electron chi connectivity index (χ4n) is 1.23. The van der Waals surface area contributed by atoms with Crippen molar-refractivity contribution in [1.82, 2.24) is 5.48 Å². The minimum Gasteiger partial charge on any atom is -0.494 e. The topological polar surface area (TPSA) is 30.5 Å². The second-order valence-corrected chi connectivity index (χ2v) is 3.72. The Morgan fingerprint density at radius 2 is 2.06 bits per heavy atom. The van der Waals surface area contributed by atoms with Gasteiger partial charge in [0, 0.05) is 6.54 Å². The average molecular weight is 263 g/mol. The number of hydrogen-bond acceptors (Lipinski definition) is 3. The Kier molecular flexibility index (Phi) is 5.94. The molecule has 0 aliphatic carbocycles. The van der Waals surface area contributed by atoms with Crippen LogP contribution in [0.4, 0.5) is 13.2 Å². The van der Waals surface area contributed by atoms with E-state index < -0.39 is 12.8 Å². The summed E-state index contributed by atoms with van der Waals surface area (Å²) in [5.41, 5.74) is 3.06. The second kappa shape index (κ2) is 7.23. The molecule has 0 radical (unpaired) electrons. The highest BCUT2D eigenvalue weighted by Gasteiger charge is 2.27. The van der Waals surface area contributed by atoms with Gasteiger partial charge < -0.3 is 4.74 Å². The van der Waals surface area contributed by atoms with E-state index in [0.717, 1.165) is 12.0 Å². The van der Waals surface area contributed by atoms with Gasteiger partial charge in [-0.25, -0.2) is 0 Å². The summed E-state index contributed by atoms with van der Waals surface area (Å²) in [5, 5.41) is 0. The van der Waals surface area contributed by atoms with Gasteiger partial charge in [0.15, 0.2) is 6.61 Å². The summed E-state index contributed by atoms with van der Waals surface area (Å²) in [7, 11) is 0. The molecule has 0 saturated carbocycles.